The Labute approximate surface area is 257 Å². The van der Waals surface area contributed by atoms with E-state index in [1.165, 1.54) is 154 Å². The molecule has 0 heterocycles. The lowest BCUT2D eigenvalue weighted by Gasteiger charge is -2.37. The van der Waals surface area contributed by atoms with Gasteiger partial charge in [-0.1, -0.05) is 115 Å². The normalized spacial score (nSPS) is 35.4. The first-order valence-corrected chi connectivity index (χ1v) is 19.2. The number of allylic oxidation sites excluding steroid dienone is 2. The Morgan fingerprint density at radius 1 is 0.439 bits per heavy atom. The van der Waals surface area contributed by atoms with Gasteiger partial charge in [-0.2, -0.15) is 0 Å². The van der Waals surface area contributed by atoms with Crippen molar-refractivity contribution in [2.24, 2.45) is 47.3 Å². The number of hydrogen-bond acceptors (Lipinski definition) is 1. The molecule has 0 aliphatic heterocycles. The Bertz CT molecular complexity index is 630. The molecule has 0 N–H and O–H groups in total. The minimum atomic E-state index is 0.792. The Morgan fingerprint density at radius 2 is 0.780 bits per heavy atom. The van der Waals surface area contributed by atoms with Crippen LogP contribution in [0.25, 0.3) is 0 Å². The van der Waals surface area contributed by atoms with E-state index in [9.17, 15) is 0 Å². The molecular weight excluding hydrogens is 496 g/mol. The number of unbranched alkanes of at least 4 members (excludes halogenated alkanes) is 4. The fraction of sp³-hybridized carbons (Fsp3) is 0.900. The van der Waals surface area contributed by atoms with Crippen LogP contribution in [0.5, 0.6) is 0 Å². The first-order valence-electron chi connectivity index (χ1n) is 19.2. The molecule has 41 heavy (non-hydrogen) atoms. The van der Waals surface area contributed by atoms with Crippen LogP contribution in [0.15, 0.2) is 24.3 Å². The van der Waals surface area contributed by atoms with Gasteiger partial charge in [0.05, 0.1) is 13.2 Å². The number of hydrogen-bond donors (Lipinski definition) is 0. The first-order chi connectivity index (χ1) is 20.2. The summed E-state index contributed by atoms with van der Waals surface area (Å²) in [7, 11) is 0. The molecule has 4 aliphatic rings. The van der Waals surface area contributed by atoms with E-state index in [0.717, 1.165) is 60.6 Å². The smallest absolute Gasteiger partial charge is 0.0651 e. The van der Waals surface area contributed by atoms with Crippen LogP contribution in [-0.4, -0.2) is 13.2 Å². The van der Waals surface area contributed by atoms with Gasteiger partial charge in [0.15, 0.2) is 0 Å². The van der Waals surface area contributed by atoms with Crippen molar-refractivity contribution in [1.29, 1.82) is 0 Å². The zero-order chi connectivity index (χ0) is 28.5. The summed E-state index contributed by atoms with van der Waals surface area (Å²) in [5, 5.41) is 0. The van der Waals surface area contributed by atoms with Gasteiger partial charge in [0.1, 0.15) is 0 Å². The average Bonchev–Trinajstić information content (AvgIpc) is 3.02. The summed E-state index contributed by atoms with van der Waals surface area (Å²) < 4.78 is 5.96. The van der Waals surface area contributed by atoms with Gasteiger partial charge in [-0.3, -0.25) is 0 Å². The topological polar surface area (TPSA) is 9.23 Å². The highest BCUT2D eigenvalue weighted by Crippen LogP contribution is 2.44. The van der Waals surface area contributed by atoms with E-state index in [1.54, 1.807) is 0 Å². The lowest BCUT2D eigenvalue weighted by molar-refractivity contribution is 0.150. The van der Waals surface area contributed by atoms with Crippen LogP contribution in [0.2, 0.25) is 0 Å². The molecule has 1 nitrogen and oxygen atoms in total. The van der Waals surface area contributed by atoms with Gasteiger partial charge in [0, 0.05) is 0 Å². The quantitative estimate of drug-likeness (QED) is 0.133. The van der Waals surface area contributed by atoms with E-state index >= 15 is 0 Å². The monoisotopic (exact) mass is 567 g/mol. The predicted molar refractivity (Wildman–Crippen MR) is 179 cm³/mol. The Balaban J connectivity index is 0.986. The molecule has 4 rings (SSSR count). The third-order valence-corrected chi connectivity index (χ3v) is 12.4. The van der Waals surface area contributed by atoms with Crippen molar-refractivity contribution in [3.05, 3.63) is 24.3 Å². The number of rotatable bonds is 16. The molecular formula is C40H70O. The maximum absolute atomic E-state index is 5.96. The minimum absolute atomic E-state index is 0.792. The predicted octanol–water partition coefficient (Wildman–Crippen LogP) is 12.5. The van der Waals surface area contributed by atoms with E-state index in [-0.39, 0.29) is 0 Å². The van der Waals surface area contributed by atoms with Gasteiger partial charge < -0.3 is 4.74 Å². The second-order valence-electron chi connectivity index (χ2n) is 15.3. The van der Waals surface area contributed by atoms with Gasteiger partial charge >= 0.3 is 0 Å². The van der Waals surface area contributed by atoms with Crippen LogP contribution in [0.1, 0.15) is 168 Å². The molecule has 0 bridgehead atoms. The lowest BCUT2D eigenvalue weighted by Crippen LogP contribution is -2.25. The van der Waals surface area contributed by atoms with Crippen LogP contribution in [0, 0.1) is 47.3 Å². The maximum Gasteiger partial charge on any atom is 0.0651 e. The van der Waals surface area contributed by atoms with Crippen LogP contribution in [-0.2, 0) is 4.74 Å². The highest BCUT2D eigenvalue weighted by Gasteiger charge is 2.31. The van der Waals surface area contributed by atoms with Crippen molar-refractivity contribution in [1.82, 2.24) is 0 Å². The molecule has 0 radical (unpaired) electrons. The summed E-state index contributed by atoms with van der Waals surface area (Å²) in [6, 6.07) is 0. The van der Waals surface area contributed by atoms with Gasteiger partial charge in [0.25, 0.3) is 0 Å². The van der Waals surface area contributed by atoms with Crippen molar-refractivity contribution in [3.63, 3.8) is 0 Å². The molecule has 0 amide bonds. The molecule has 1 heteroatoms. The van der Waals surface area contributed by atoms with E-state index < -0.39 is 0 Å². The largest absolute Gasteiger partial charge is 0.373 e. The fourth-order valence-electron chi connectivity index (χ4n) is 9.58. The highest BCUT2D eigenvalue weighted by atomic mass is 16.5. The van der Waals surface area contributed by atoms with Crippen LogP contribution < -0.4 is 0 Å². The van der Waals surface area contributed by atoms with Crippen molar-refractivity contribution < 1.29 is 4.74 Å². The summed E-state index contributed by atoms with van der Waals surface area (Å²) >= 11 is 0. The van der Waals surface area contributed by atoms with Gasteiger partial charge in [-0.05, 0) is 124 Å². The third-order valence-electron chi connectivity index (χ3n) is 12.4. The number of ether oxygens (including phenoxy) is 1. The molecule has 0 unspecified atom stereocenters. The summed E-state index contributed by atoms with van der Waals surface area (Å²) in [5.41, 5.74) is 0. The van der Waals surface area contributed by atoms with Crippen LogP contribution >= 0.6 is 0 Å². The lowest BCUT2D eigenvalue weighted by atomic mass is 9.68. The summed E-state index contributed by atoms with van der Waals surface area (Å²) in [4.78, 5) is 0. The van der Waals surface area contributed by atoms with Crippen molar-refractivity contribution >= 4 is 0 Å². The maximum atomic E-state index is 5.96. The molecule has 0 aromatic carbocycles. The second-order valence-corrected chi connectivity index (χ2v) is 15.3. The van der Waals surface area contributed by atoms with Crippen molar-refractivity contribution in [2.75, 3.05) is 13.2 Å². The molecule has 4 fully saturated rings. The summed E-state index contributed by atoms with van der Waals surface area (Å²) in [5.74, 6) is 7.89. The van der Waals surface area contributed by atoms with Crippen molar-refractivity contribution in [3.8, 4) is 0 Å². The van der Waals surface area contributed by atoms with E-state index in [1.807, 2.05) is 0 Å². The van der Waals surface area contributed by atoms with E-state index in [4.69, 9.17) is 4.74 Å². The second kappa shape index (κ2) is 19.7. The zero-order valence-corrected chi connectivity index (χ0v) is 27.7. The molecule has 4 aliphatic carbocycles. The molecule has 0 aromatic rings. The van der Waals surface area contributed by atoms with E-state index in [0.29, 0.717) is 0 Å². The Hall–Kier alpha value is -0.560. The molecule has 0 aromatic heterocycles. The molecule has 0 saturated heterocycles. The molecule has 0 spiro atoms. The van der Waals surface area contributed by atoms with Gasteiger partial charge in [0.2, 0.25) is 0 Å². The van der Waals surface area contributed by atoms with Gasteiger partial charge in [-0.25, -0.2) is 0 Å². The molecule has 0 atom stereocenters. The Morgan fingerprint density at radius 3 is 1.12 bits per heavy atom. The summed E-state index contributed by atoms with van der Waals surface area (Å²) in [6.45, 7) is 6.25. The molecule has 236 valence electrons. The fourth-order valence-corrected chi connectivity index (χ4v) is 9.58. The zero-order valence-electron chi connectivity index (χ0n) is 27.7. The third kappa shape index (κ3) is 12.2. The average molecular weight is 567 g/mol. The first kappa shape index (κ1) is 33.3. The minimum Gasteiger partial charge on any atom is -0.373 e. The standard InChI is InChI=1S/C40H70O/c1-3-5-7-11-33-15-23-37(24-16-33)39-27-19-35(20-28-39)13-9-31-41-32-10-14-36-21-29-40(30-22-36)38-25-17-34(18-26-38)12-8-6-4-2/h9-10,13-14,33-40H,3-8,11-12,15-32H2,1-2H3. The van der Waals surface area contributed by atoms with Crippen LogP contribution in [0.4, 0.5) is 0 Å². The highest BCUT2D eigenvalue weighted by molar-refractivity contribution is 4.95. The molecule has 4 saturated carbocycles. The van der Waals surface area contributed by atoms with Crippen LogP contribution in [0.3, 0.4) is 0 Å². The summed E-state index contributed by atoms with van der Waals surface area (Å²) in [6.07, 6.45) is 45.1. The van der Waals surface area contributed by atoms with E-state index in [2.05, 4.69) is 38.2 Å². The van der Waals surface area contributed by atoms with Gasteiger partial charge in [-0.15, -0.1) is 0 Å². The van der Waals surface area contributed by atoms with Crippen molar-refractivity contribution in [2.45, 2.75) is 168 Å². The Kier molecular flexibility index (Phi) is 16.0. The SMILES string of the molecule is CCCCCC1CCC(C2CCC(C=CCOCC=CC3CCC(C4CCC(CCCCC)CC4)CC3)CC2)CC1.